The van der Waals surface area contributed by atoms with Crippen LogP contribution in [0.4, 0.5) is 4.39 Å². The number of hydrogen-bond donors (Lipinski definition) is 2. The summed E-state index contributed by atoms with van der Waals surface area (Å²) in [7, 11) is -2.46. The third kappa shape index (κ3) is 3.74. The van der Waals surface area contributed by atoms with E-state index >= 15 is 4.39 Å². The molecule has 2 N–H and O–H groups in total. The van der Waals surface area contributed by atoms with Gasteiger partial charge in [-0.1, -0.05) is 12.2 Å². The van der Waals surface area contributed by atoms with E-state index in [1.807, 2.05) is 16.9 Å². The fourth-order valence-corrected chi connectivity index (χ4v) is 5.83. The molecule has 6 atom stereocenters. The van der Waals surface area contributed by atoms with Crippen LogP contribution in [0.5, 0.6) is 0 Å². The summed E-state index contributed by atoms with van der Waals surface area (Å²) in [5.74, 6) is -0.737. The largest absolute Gasteiger partial charge is 0.391 e. The number of nitrogens with zero attached hydrogens (tertiary/aromatic N) is 1. The lowest BCUT2D eigenvalue weighted by molar-refractivity contribution is -0.119. The second-order valence-electron chi connectivity index (χ2n) is 7.19. The Bertz CT molecular complexity index is 640. The number of alkyl halides is 1. The molecular weight excluding hydrogens is 351 g/mol. The number of methoxy groups -OCH3 is 1. The Balaban J connectivity index is 1.76. The van der Waals surface area contributed by atoms with Crippen LogP contribution in [0.2, 0.25) is 0 Å². The fourth-order valence-electron chi connectivity index (χ4n) is 4.50. The van der Waals surface area contributed by atoms with Crippen molar-refractivity contribution in [1.29, 1.82) is 0 Å². The predicted molar refractivity (Wildman–Crippen MR) is 88.4 cm³/mol. The number of fused-ring (bicyclic) bond motifs is 1. The number of hydrogen-bond acceptors (Lipinski definition) is 5. The lowest BCUT2D eigenvalue weighted by Crippen LogP contribution is -2.58. The van der Waals surface area contributed by atoms with E-state index in [4.69, 9.17) is 4.74 Å². The van der Waals surface area contributed by atoms with Crippen LogP contribution in [-0.2, 0) is 19.7 Å². The Labute approximate surface area is 147 Å². The molecule has 9 heteroatoms. The van der Waals surface area contributed by atoms with Gasteiger partial charge in [0.15, 0.2) is 0 Å². The molecule has 1 saturated heterocycles. The summed E-state index contributed by atoms with van der Waals surface area (Å²) in [4.78, 5) is 11.4. The summed E-state index contributed by atoms with van der Waals surface area (Å²) in [6.45, 7) is 0.0732. The number of amides is 1. The van der Waals surface area contributed by atoms with Crippen LogP contribution in [0.1, 0.15) is 25.7 Å². The van der Waals surface area contributed by atoms with Gasteiger partial charge in [-0.2, -0.15) is 12.7 Å². The SMILES string of the molecule is COC/C=C/C1CCC2CC(O)C(N3CC(=O)NS3(=O)=O)C(F)C2C1. The molecule has 3 aliphatic rings. The summed E-state index contributed by atoms with van der Waals surface area (Å²) < 4.78 is 47.0. The van der Waals surface area contributed by atoms with Gasteiger partial charge in [0.05, 0.1) is 25.3 Å². The molecule has 1 aliphatic heterocycles. The highest BCUT2D eigenvalue weighted by atomic mass is 32.2. The number of carbonyl (C=O) groups is 1. The summed E-state index contributed by atoms with van der Waals surface area (Å²) in [6, 6.07) is -1.20. The molecule has 3 rings (SSSR count). The lowest BCUT2D eigenvalue weighted by Gasteiger charge is -2.47. The van der Waals surface area contributed by atoms with Crippen LogP contribution < -0.4 is 4.72 Å². The number of halogens is 1. The van der Waals surface area contributed by atoms with Crippen molar-refractivity contribution in [3.8, 4) is 0 Å². The van der Waals surface area contributed by atoms with E-state index in [0.717, 1.165) is 17.1 Å². The molecule has 1 heterocycles. The van der Waals surface area contributed by atoms with Gasteiger partial charge in [0.2, 0.25) is 5.91 Å². The molecule has 25 heavy (non-hydrogen) atoms. The van der Waals surface area contributed by atoms with Gasteiger partial charge in [-0.15, -0.1) is 0 Å². The monoisotopic (exact) mass is 376 g/mol. The molecule has 2 saturated carbocycles. The van der Waals surface area contributed by atoms with Gasteiger partial charge < -0.3 is 9.84 Å². The molecule has 0 aromatic heterocycles. The molecule has 0 aromatic rings. The van der Waals surface area contributed by atoms with Crippen molar-refractivity contribution in [2.75, 3.05) is 20.3 Å². The van der Waals surface area contributed by atoms with Crippen molar-refractivity contribution < 1.29 is 27.4 Å². The Hall–Kier alpha value is -1.03. The fraction of sp³-hybridized carbons (Fsp3) is 0.812. The first-order valence-electron chi connectivity index (χ1n) is 8.63. The summed E-state index contributed by atoms with van der Waals surface area (Å²) >= 11 is 0. The number of aliphatic hydroxyl groups is 1. The maximum atomic E-state index is 15.3. The first kappa shape index (κ1) is 18.8. The second kappa shape index (κ2) is 7.30. The van der Waals surface area contributed by atoms with Crippen molar-refractivity contribution in [1.82, 2.24) is 9.03 Å². The predicted octanol–water partition coefficient (Wildman–Crippen LogP) is 0.369. The van der Waals surface area contributed by atoms with E-state index in [2.05, 4.69) is 0 Å². The van der Waals surface area contributed by atoms with Crippen LogP contribution in [0.3, 0.4) is 0 Å². The minimum absolute atomic E-state index is 0.0438. The molecule has 0 bridgehead atoms. The maximum Gasteiger partial charge on any atom is 0.304 e. The van der Waals surface area contributed by atoms with Gasteiger partial charge in [-0.05, 0) is 43.4 Å². The van der Waals surface area contributed by atoms with Crippen LogP contribution >= 0.6 is 0 Å². The summed E-state index contributed by atoms with van der Waals surface area (Å²) in [5, 5.41) is 10.4. The third-order valence-electron chi connectivity index (χ3n) is 5.62. The van der Waals surface area contributed by atoms with E-state index < -0.39 is 41.0 Å². The zero-order valence-electron chi connectivity index (χ0n) is 14.2. The minimum Gasteiger partial charge on any atom is -0.391 e. The number of rotatable bonds is 4. The van der Waals surface area contributed by atoms with Gasteiger partial charge in [-0.3, -0.25) is 4.79 Å². The molecule has 1 amide bonds. The van der Waals surface area contributed by atoms with Crippen molar-refractivity contribution >= 4 is 16.1 Å². The standard InChI is InChI=1S/C16H25FN2O5S/c1-24-6-2-3-10-4-5-11-8-13(20)16(15(17)12(11)7-10)19-9-14(21)18-25(19,22)23/h2-3,10-13,15-16,20H,4-9H2,1H3,(H,18,21)/b3-2+. The first-order chi connectivity index (χ1) is 11.8. The molecule has 7 nitrogen and oxygen atoms in total. The Morgan fingerprint density at radius 3 is 2.80 bits per heavy atom. The van der Waals surface area contributed by atoms with Gasteiger partial charge in [0.1, 0.15) is 6.17 Å². The number of ether oxygens (including phenoxy) is 1. The Morgan fingerprint density at radius 2 is 2.16 bits per heavy atom. The van der Waals surface area contributed by atoms with Crippen LogP contribution in [0.25, 0.3) is 0 Å². The zero-order valence-corrected chi connectivity index (χ0v) is 15.0. The third-order valence-corrected chi connectivity index (χ3v) is 7.09. The van der Waals surface area contributed by atoms with Crippen molar-refractivity contribution in [2.45, 2.75) is 44.0 Å². The van der Waals surface area contributed by atoms with Crippen molar-refractivity contribution in [3.05, 3.63) is 12.2 Å². The second-order valence-corrected chi connectivity index (χ2v) is 8.82. The van der Waals surface area contributed by atoms with Gasteiger partial charge in [-0.25, -0.2) is 9.11 Å². The minimum atomic E-state index is -4.07. The molecule has 0 aromatic carbocycles. The molecule has 2 aliphatic carbocycles. The van der Waals surface area contributed by atoms with E-state index in [0.29, 0.717) is 19.4 Å². The molecule has 0 radical (unpaired) electrons. The van der Waals surface area contributed by atoms with E-state index in [1.165, 1.54) is 0 Å². The van der Waals surface area contributed by atoms with Crippen LogP contribution in [0.15, 0.2) is 12.2 Å². The highest BCUT2D eigenvalue weighted by Crippen LogP contribution is 2.46. The van der Waals surface area contributed by atoms with Crippen molar-refractivity contribution in [3.63, 3.8) is 0 Å². The highest BCUT2D eigenvalue weighted by Gasteiger charge is 2.53. The lowest BCUT2D eigenvalue weighted by atomic mass is 9.64. The molecular formula is C16H25FN2O5S. The summed E-state index contributed by atoms with van der Waals surface area (Å²) in [6.07, 6.45) is 4.07. The first-order valence-corrected chi connectivity index (χ1v) is 10.1. The topological polar surface area (TPSA) is 95.9 Å². The van der Waals surface area contributed by atoms with Gasteiger partial charge in [0.25, 0.3) is 0 Å². The van der Waals surface area contributed by atoms with E-state index in [9.17, 15) is 18.3 Å². The van der Waals surface area contributed by atoms with Crippen LogP contribution in [0, 0.1) is 17.8 Å². The summed E-state index contributed by atoms with van der Waals surface area (Å²) in [5.41, 5.74) is 0. The smallest absolute Gasteiger partial charge is 0.304 e. The highest BCUT2D eigenvalue weighted by molar-refractivity contribution is 7.88. The molecule has 6 unspecified atom stereocenters. The Morgan fingerprint density at radius 1 is 1.40 bits per heavy atom. The average molecular weight is 376 g/mol. The average Bonchev–Trinajstić information content (AvgIpc) is 2.81. The number of aliphatic hydroxyl groups excluding tert-OH is 1. The van der Waals surface area contributed by atoms with E-state index in [1.54, 1.807) is 7.11 Å². The van der Waals surface area contributed by atoms with Crippen molar-refractivity contribution in [2.24, 2.45) is 17.8 Å². The number of nitrogens with one attached hydrogen (secondary N) is 1. The maximum absolute atomic E-state index is 15.3. The van der Waals surface area contributed by atoms with E-state index in [-0.39, 0.29) is 17.8 Å². The van der Waals surface area contributed by atoms with Gasteiger partial charge in [0, 0.05) is 7.11 Å². The number of carbonyl (C=O) groups excluding carboxylic acids is 1. The normalized spacial score (nSPS) is 41.6. The molecule has 0 spiro atoms. The quantitative estimate of drug-likeness (QED) is 0.691. The van der Waals surface area contributed by atoms with Crippen LogP contribution in [-0.4, -0.2) is 62.3 Å². The molecule has 3 fully saturated rings. The zero-order chi connectivity index (χ0) is 18.2. The van der Waals surface area contributed by atoms with Gasteiger partial charge >= 0.3 is 10.2 Å². The molecule has 142 valence electrons. The Kier molecular flexibility index (Phi) is 5.48. The number of allylic oxidation sites excluding steroid dienone is 1.